The maximum absolute atomic E-state index is 5.72. The monoisotopic (exact) mass is 271 g/mol. The topological polar surface area (TPSA) is 30.3 Å². The Morgan fingerprint density at radius 3 is 2.83 bits per heavy atom. The summed E-state index contributed by atoms with van der Waals surface area (Å²) in [6.45, 7) is 3.86. The molecule has 0 bridgehead atoms. The number of hydrogen-bond donors (Lipinski definition) is 0. The van der Waals surface area contributed by atoms with Crippen molar-refractivity contribution >= 4 is 17.2 Å². The lowest BCUT2D eigenvalue weighted by molar-refractivity contribution is 0.370. The fourth-order valence-electron chi connectivity index (χ4n) is 1.75. The highest BCUT2D eigenvalue weighted by Gasteiger charge is 2.12. The average Bonchev–Trinajstić information content (AvgIpc) is 2.76. The number of allylic oxidation sites excluding steroid dienone is 2. The van der Waals surface area contributed by atoms with E-state index in [9.17, 15) is 0 Å². The van der Waals surface area contributed by atoms with Gasteiger partial charge >= 0.3 is 0 Å². The van der Waals surface area contributed by atoms with E-state index in [2.05, 4.69) is 37.1 Å². The highest BCUT2D eigenvalue weighted by molar-refractivity contribution is 6.17. The highest BCUT2D eigenvalue weighted by atomic mass is 35.5. The zero-order valence-electron chi connectivity index (χ0n) is 11.6. The first-order valence-corrected chi connectivity index (χ1v) is 6.61. The molecule has 0 fully saturated rings. The molecule has 1 aromatic heterocycles. The van der Waals surface area contributed by atoms with Crippen molar-refractivity contribution in [2.75, 3.05) is 33.6 Å². The van der Waals surface area contributed by atoms with Gasteiger partial charge in [-0.3, -0.25) is 4.68 Å². The summed E-state index contributed by atoms with van der Waals surface area (Å²) in [6, 6.07) is 0. The smallest absolute Gasteiger partial charge is 0.164 e. The van der Waals surface area contributed by atoms with Crippen molar-refractivity contribution in [2.45, 2.75) is 19.9 Å². The van der Waals surface area contributed by atoms with Gasteiger partial charge in [-0.25, -0.2) is 0 Å². The van der Waals surface area contributed by atoms with Gasteiger partial charge in [0.1, 0.15) is 5.69 Å². The summed E-state index contributed by atoms with van der Waals surface area (Å²) in [4.78, 5) is 2.13. The van der Waals surface area contributed by atoms with E-state index in [0.29, 0.717) is 5.88 Å². The minimum absolute atomic E-state index is 0.630. The van der Waals surface area contributed by atoms with Gasteiger partial charge in [0.05, 0.1) is 19.9 Å². The van der Waals surface area contributed by atoms with Gasteiger partial charge in [0.25, 0.3) is 0 Å². The van der Waals surface area contributed by atoms with Crippen LogP contribution >= 0.6 is 11.6 Å². The molecule has 0 aliphatic heterocycles. The number of ether oxygens (including phenoxy) is 1. The molecule has 0 saturated carbocycles. The lowest BCUT2D eigenvalue weighted by Gasteiger charge is -2.13. The maximum Gasteiger partial charge on any atom is 0.164 e. The van der Waals surface area contributed by atoms with Gasteiger partial charge in [-0.1, -0.05) is 6.08 Å². The zero-order valence-corrected chi connectivity index (χ0v) is 12.4. The molecular formula is C13H22ClN3O. The molecule has 0 radical (unpaired) electrons. The van der Waals surface area contributed by atoms with Crippen molar-refractivity contribution in [1.82, 2.24) is 14.7 Å². The maximum atomic E-state index is 5.72. The largest absolute Gasteiger partial charge is 0.493 e. The number of hydrogen-bond acceptors (Lipinski definition) is 3. The number of aromatic nitrogens is 2. The molecule has 1 aromatic rings. The van der Waals surface area contributed by atoms with Crippen LogP contribution < -0.4 is 4.74 Å². The van der Waals surface area contributed by atoms with Crippen molar-refractivity contribution in [2.24, 2.45) is 0 Å². The van der Waals surface area contributed by atoms with Crippen LogP contribution in [0.25, 0.3) is 5.57 Å². The molecule has 0 amide bonds. The second kappa shape index (κ2) is 7.44. The first-order chi connectivity index (χ1) is 8.60. The molecule has 0 aromatic carbocycles. The average molecular weight is 272 g/mol. The lowest BCUT2D eigenvalue weighted by atomic mass is 10.1. The molecule has 0 unspecified atom stereocenters. The van der Waals surface area contributed by atoms with Gasteiger partial charge in [-0.05, 0) is 33.0 Å². The molecule has 0 aliphatic carbocycles. The van der Waals surface area contributed by atoms with E-state index < -0.39 is 0 Å². The Bertz CT molecular complexity index is 399. The molecule has 102 valence electrons. The van der Waals surface area contributed by atoms with Gasteiger partial charge in [0.15, 0.2) is 5.75 Å². The van der Waals surface area contributed by atoms with Crippen LogP contribution in [-0.2, 0) is 6.54 Å². The summed E-state index contributed by atoms with van der Waals surface area (Å²) in [5.74, 6) is 1.45. The van der Waals surface area contributed by atoms with Gasteiger partial charge in [-0.15, -0.1) is 11.6 Å². The second-order valence-electron chi connectivity index (χ2n) is 4.45. The van der Waals surface area contributed by atoms with E-state index >= 15 is 0 Å². The van der Waals surface area contributed by atoms with Crippen LogP contribution in [-0.4, -0.2) is 48.3 Å². The number of halogens is 1. The SMILES string of the molecule is COc1cnn(CCN(C)C)c1C(C)=CCCCl. The van der Waals surface area contributed by atoms with Gasteiger partial charge in [-0.2, -0.15) is 5.10 Å². The van der Waals surface area contributed by atoms with Crippen LogP contribution in [0.5, 0.6) is 5.75 Å². The minimum Gasteiger partial charge on any atom is -0.493 e. The first kappa shape index (κ1) is 15.1. The normalized spacial score (nSPS) is 12.2. The number of nitrogens with zero attached hydrogens (tertiary/aromatic N) is 3. The lowest BCUT2D eigenvalue weighted by Crippen LogP contribution is -2.20. The van der Waals surface area contributed by atoms with Crippen molar-refractivity contribution in [3.05, 3.63) is 18.0 Å². The summed E-state index contributed by atoms with van der Waals surface area (Å²) < 4.78 is 7.35. The fraction of sp³-hybridized carbons (Fsp3) is 0.615. The summed E-state index contributed by atoms with van der Waals surface area (Å²) in [7, 11) is 5.78. The van der Waals surface area contributed by atoms with Crippen molar-refractivity contribution in [1.29, 1.82) is 0 Å². The minimum atomic E-state index is 0.630. The molecule has 0 spiro atoms. The molecule has 1 rings (SSSR count). The Kier molecular flexibility index (Phi) is 6.22. The molecule has 4 nitrogen and oxygen atoms in total. The molecule has 1 heterocycles. The van der Waals surface area contributed by atoms with Crippen LogP contribution in [0.1, 0.15) is 19.0 Å². The highest BCUT2D eigenvalue weighted by Crippen LogP contribution is 2.25. The molecule has 0 aliphatic rings. The van der Waals surface area contributed by atoms with E-state index in [-0.39, 0.29) is 0 Å². The fourth-order valence-corrected chi connectivity index (χ4v) is 1.86. The van der Waals surface area contributed by atoms with E-state index in [4.69, 9.17) is 16.3 Å². The number of alkyl halides is 1. The van der Waals surface area contributed by atoms with Gasteiger partial charge in [0, 0.05) is 12.4 Å². The van der Waals surface area contributed by atoms with E-state index in [1.54, 1.807) is 13.3 Å². The van der Waals surface area contributed by atoms with Crippen LogP contribution in [0.3, 0.4) is 0 Å². The number of rotatable bonds is 7. The Morgan fingerprint density at radius 2 is 2.28 bits per heavy atom. The predicted octanol–water partition coefficient (Wildman–Crippen LogP) is 2.49. The molecule has 0 atom stereocenters. The molecule has 0 saturated heterocycles. The Hall–Kier alpha value is -1.00. The van der Waals surface area contributed by atoms with Crippen LogP contribution in [0.15, 0.2) is 12.3 Å². The van der Waals surface area contributed by atoms with E-state index in [1.807, 2.05) is 4.68 Å². The predicted molar refractivity (Wildman–Crippen MR) is 76.3 cm³/mol. The van der Waals surface area contributed by atoms with Crippen molar-refractivity contribution < 1.29 is 4.74 Å². The van der Waals surface area contributed by atoms with Crippen LogP contribution in [0.4, 0.5) is 0 Å². The Morgan fingerprint density at radius 1 is 1.56 bits per heavy atom. The third kappa shape index (κ3) is 4.03. The zero-order chi connectivity index (χ0) is 13.5. The Labute approximate surface area is 114 Å². The van der Waals surface area contributed by atoms with Crippen molar-refractivity contribution in [3.8, 4) is 5.75 Å². The summed E-state index contributed by atoms with van der Waals surface area (Å²) >= 11 is 5.72. The summed E-state index contributed by atoms with van der Waals surface area (Å²) in [5, 5.41) is 4.38. The standard InChI is InChI=1S/C13H22ClN3O/c1-11(6-5-7-14)13-12(18-4)10-15-17(13)9-8-16(2)3/h6,10H,5,7-9H2,1-4H3. The van der Waals surface area contributed by atoms with Gasteiger partial charge in [0.2, 0.25) is 0 Å². The molecule has 0 N–H and O–H groups in total. The number of methoxy groups -OCH3 is 1. The quantitative estimate of drug-likeness (QED) is 0.714. The molecular weight excluding hydrogens is 250 g/mol. The summed E-state index contributed by atoms with van der Waals surface area (Å²) in [6.07, 6.45) is 4.75. The van der Waals surface area contributed by atoms with Crippen LogP contribution in [0.2, 0.25) is 0 Å². The second-order valence-corrected chi connectivity index (χ2v) is 4.83. The van der Waals surface area contributed by atoms with E-state index in [1.165, 1.54) is 0 Å². The number of likely N-dealkylation sites (N-methyl/N-ethyl adjacent to an activating group) is 1. The molecule has 5 heteroatoms. The van der Waals surface area contributed by atoms with Crippen LogP contribution in [0, 0.1) is 0 Å². The van der Waals surface area contributed by atoms with Gasteiger partial charge < -0.3 is 9.64 Å². The third-order valence-electron chi connectivity index (χ3n) is 2.72. The third-order valence-corrected chi connectivity index (χ3v) is 2.94. The van der Waals surface area contributed by atoms with Crippen molar-refractivity contribution in [3.63, 3.8) is 0 Å². The Balaban J connectivity index is 2.94. The van der Waals surface area contributed by atoms with E-state index in [0.717, 1.165) is 36.5 Å². The first-order valence-electron chi connectivity index (χ1n) is 6.07. The summed E-state index contributed by atoms with van der Waals surface area (Å²) in [5.41, 5.74) is 2.20. The molecule has 18 heavy (non-hydrogen) atoms.